The van der Waals surface area contributed by atoms with Crippen LogP contribution >= 0.6 is 0 Å². The van der Waals surface area contributed by atoms with E-state index in [1.54, 1.807) is 13.1 Å². The minimum Gasteiger partial charge on any atom is -0.338 e. The van der Waals surface area contributed by atoms with Gasteiger partial charge in [-0.05, 0) is 30.9 Å². The fourth-order valence-electron chi connectivity index (χ4n) is 2.83. The van der Waals surface area contributed by atoms with E-state index in [-0.39, 0.29) is 18.0 Å². The van der Waals surface area contributed by atoms with Crippen molar-refractivity contribution in [1.29, 1.82) is 0 Å². The van der Waals surface area contributed by atoms with Crippen LogP contribution in [0.2, 0.25) is 0 Å². The highest BCUT2D eigenvalue weighted by atomic mass is 16.5. The lowest BCUT2D eigenvalue weighted by Crippen LogP contribution is -2.40. The van der Waals surface area contributed by atoms with Crippen LogP contribution in [0.4, 0.5) is 4.79 Å². The third kappa shape index (κ3) is 4.17. The second kappa shape index (κ2) is 7.95. The molecule has 0 saturated heterocycles. The Morgan fingerprint density at radius 1 is 1.23 bits per heavy atom. The number of nitrogens with zero attached hydrogens (tertiary/aromatic N) is 3. The first-order valence-corrected chi connectivity index (χ1v) is 8.72. The summed E-state index contributed by atoms with van der Waals surface area (Å²) in [6.07, 6.45) is 2.49. The largest absolute Gasteiger partial charge is 0.338 e. The highest BCUT2D eigenvalue weighted by molar-refractivity contribution is 5.81. The van der Waals surface area contributed by atoms with Gasteiger partial charge in [-0.3, -0.25) is 4.98 Å². The number of hydrogen-bond acceptors (Lipinski definition) is 5. The third-order valence-electron chi connectivity index (χ3n) is 4.16. The zero-order valence-electron chi connectivity index (χ0n) is 15.2. The van der Waals surface area contributed by atoms with Crippen LogP contribution in [0.5, 0.6) is 0 Å². The van der Waals surface area contributed by atoms with Gasteiger partial charge in [0.1, 0.15) is 6.04 Å². The van der Waals surface area contributed by atoms with E-state index in [1.165, 1.54) is 0 Å². The molecule has 3 rings (SSSR count). The van der Waals surface area contributed by atoms with Crippen molar-refractivity contribution >= 4 is 16.9 Å². The molecule has 0 fully saturated rings. The molecular weight excluding hydrogens is 330 g/mol. The summed E-state index contributed by atoms with van der Waals surface area (Å²) < 4.78 is 5.20. The molecule has 2 amide bonds. The Morgan fingerprint density at radius 2 is 2.04 bits per heavy atom. The molecule has 0 bridgehead atoms. The van der Waals surface area contributed by atoms with Crippen LogP contribution in [-0.2, 0) is 6.42 Å². The molecule has 2 aromatic heterocycles. The second-order valence-corrected chi connectivity index (χ2v) is 6.54. The first-order valence-electron chi connectivity index (χ1n) is 8.72. The number of pyridine rings is 1. The van der Waals surface area contributed by atoms with Crippen LogP contribution in [0.3, 0.4) is 0 Å². The molecule has 7 nitrogen and oxygen atoms in total. The van der Waals surface area contributed by atoms with Gasteiger partial charge in [-0.1, -0.05) is 43.3 Å². The zero-order valence-corrected chi connectivity index (χ0v) is 15.2. The number of aryl methyl sites for hydroxylation is 1. The van der Waals surface area contributed by atoms with Gasteiger partial charge in [0.15, 0.2) is 5.82 Å². The van der Waals surface area contributed by atoms with Crippen molar-refractivity contribution in [3.8, 4) is 0 Å². The van der Waals surface area contributed by atoms with E-state index in [0.717, 1.165) is 16.5 Å². The lowest BCUT2D eigenvalue weighted by Gasteiger charge is -2.19. The fraction of sp³-hybridized carbons (Fsp3) is 0.368. The molecule has 0 spiro atoms. The van der Waals surface area contributed by atoms with E-state index in [2.05, 4.69) is 25.8 Å². The Kier molecular flexibility index (Phi) is 5.46. The van der Waals surface area contributed by atoms with E-state index in [4.69, 9.17) is 4.52 Å². The SMILES string of the molecule is Cc1noc(C(NC(=O)NCCc2cccc3cccnc23)C(C)C)n1. The maximum atomic E-state index is 12.3. The first kappa shape index (κ1) is 17.8. The number of carbonyl (C=O) groups excluding carboxylic acids is 1. The van der Waals surface area contributed by atoms with Gasteiger partial charge >= 0.3 is 6.03 Å². The molecular formula is C19H23N5O2. The molecule has 2 N–H and O–H groups in total. The molecule has 136 valence electrons. The molecule has 0 aliphatic heterocycles. The first-order chi connectivity index (χ1) is 12.5. The minimum atomic E-state index is -0.324. The number of aromatic nitrogens is 3. The van der Waals surface area contributed by atoms with Gasteiger partial charge in [-0.2, -0.15) is 4.98 Å². The van der Waals surface area contributed by atoms with Crippen molar-refractivity contribution in [3.05, 3.63) is 53.8 Å². The summed E-state index contributed by atoms with van der Waals surface area (Å²) in [7, 11) is 0. The maximum Gasteiger partial charge on any atom is 0.315 e. The Balaban J connectivity index is 1.58. The molecule has 0 saturated carbocycles. The molecule has 3 aromatic rings. The van der Waals surface area contributed by atoms with E-state index in [0.29, 0.717) is 24.7 Å². The number of rotatable bonds is 6. The lowest BCUT2D eigenvalue weighted by atomic mass is 10.0. The maximum absolute atomic E-state index is 12.3. The predicted molar refractivity (Wildman–Crippen MR) is 98.6 cm³/mol. The fourth-order valence-corrected chi connectivity index (χ4v) is 2.83. The predicted octanol–water partition coefficient (Wildman–Crippen LogP) is 3.17. The number of benzene rings is 1. The molecule has 1 aromatic carbocycles. The van der Waals surface area contributed by atoms with Crippen molar-refractivity contribution in [2.75, 3.05) is 6.54 Å². The van der Waals surface area contributed by atoms with E-state index in [9.17, 15) is 4.79 Å². The molecule has 26 heavy (non-hydrogen) atoms. The van der Waals surface area contributed by atoms with Crippen LogP contribution < -0.4 is 10.6 Å². The van der Waals surface area contributed by atoms with E-state index >= 15 is 0 Å². The highest BCUT2D eigenvalue weighted by Crippen LogP contribution is 2.20. The van der Waals surface area contributed by atoms with Gasteiger partial charge < -0.3 is 15.2 Å². The van der Waals surface area contributed by atoms with Gasteiger partial charge in [-0.25, -0.2) is 4.79 Å². The number of amides is 2. The molecule has 2 heterocycles. The van der Waals surface area contributed by atoms with Crippen molar-refractivity contribution in [3.63, 3.8) is 0 Å². The zero-order chi connectivity index (χ0) is 18.5. The number of fused-ring (bicyclic) bond motifs is 1. The standard InChI is InChI=1S/C19H23N5O2/c1-12(2)16(18-22-13(3)24-26-18)23-19(25)21-11-9-15-7-4-6-14-8-5-10-20-17(14)15/h4-8,10,12,16H,9,11H2,1-3H3,(H2,21,23,25). The van der Waals surface area contributed by atoms with Crippen molar-refractivity contribution < 1.29 is 9.32 Å². The van der Waals surface area contributed by atoms with E-state index < -0.39 is 0 Å². The second-order valence-electron chi connectivity index (χ2n) is 6.54. The lowest BCUT2D eigenvalue weighted by molar-refractivity contribution is 0.225. The summed E-state index contributed by atoms with van der Waals surface area (Å²) in [5.41, 5.74) is 2.08. The van der Waals surface area contributed by atoms with Crippen molar-refractivity contribution in [1.82, 2.24) is 25.8 Å². The topological polar surface area (TPSA) is 92.9 Å². The van der Waals surface area contributed by atoms with Gasteiger partial charge in [-0.15, -0.1) is 0 Å². The molecule has 1 unspecified atom stereocenters. The average molecular weight is 353 g/mol. The number of urea groups is 1. The quantitative estimate of drug-likeness (QED) is 0.710. The van der Waals surface area contributed by atoms with Crippen LogP contribution in [-0.4, -0.2) is 27.7 Å². The smallest absolute Gasteiger partial charge is 0.315 e. The summed E-state index contributed by atoms with van der Waals surface area (Å²) in [6, 6.07) is 9.45. The normalized spacial score (nSPS) is 12.3. The summed E-state index contributed by atoms with van der Waals surface area (Å²) in [5, 5.41) is 10.7. The summed E-state index contributed by atoms with van der Waals surface area (Å²) in [4.78, 5) is 20.9. The number of carbonyl (C=O) groups is 1. The molecule has 1 atom stereocenters. The van der Waals surface area contributed by atoms with E-state index in [1.807, 2.05) is 44.2 Å². The van der Waals surface area contributed by atoms with Gasteiger partial charge in [0.2, 0.25) is 5.89 Å². The number of nitrogens with one attached hydrogen (secondary N) is 2. The van der Waals surface area contributed by atoms with Gasteiger partial charge in [0.05, 0.1) is 5.52 Å². The number of para-hydroxylation sites is 1. The molecule has 0 radical (unpaired) electrons. The van der Waals surface area contributed by atoms with Crippen molar-refractivity contribution in [2.45, 2.75) is 33.2 Å². The monoisotopic (exact) mass is 353 g/mol. The Hall–Kier alpha value is -2.96. The average Bonchev–Trinajstić information content (AvgIpc) is 3.05. The third-order valence-corrected chi connectivity index (χ3v) is 4.16. The molecule has 0 aliphatic carbocycles. The van der Waals surface area contributed by atoms with Gasteiger partial charge in [0.25, 0.3) is 0 Å². The van der Waals surface area contributed by atoms with Crippen LogP contribution in [0, 0.1) is 12.8 Å². The van der Waals surface area contributed by atoms with Gasteiger partial charge in [0, 0.05) is 18.1 Å². The molecule has 7 heteroatoms. The number of hydrogen-bond donors (Lipinski definition) is 2. The summed E-state index contributed by atoms with van der Waals surface area (Å²) in [5.74, 6) is 1.10. The highest BCUT2D eigenvalue weighted by Gasteiger charge is 2.23. The summed E-state index contributed by atoms with van der Waals surface area (Å²) >= 11 is 0. The Morgan fingerprint density at radius 3 is 2.77 bits per heavy atom. The van der Waals surface area contributed by atoms with Crippen LogP contribution in [0.25, 0.3) is 10.9 Å². The van der Waals surface area contributed by atoms with Crippen LogP contribution in [0.1, 0.15) is 37.2 Å². The summed E-state index contributed by atoms with van der Waals surface area (Å²) in [6.45, 7) is 6.25. The van der Waals surface area contributed by atoms with Crippen LogP contribution in [0.15, 0.2) is 41.1 Å². The Bertz CT molecular complexity index is 885. The molecule has 0 aliphatic rings. The van der Waals surface area contributed by atoms with Crippen molar-refractivity contribution in [2.24, 2.45) is 5.92 Å². The minimum absolute atomic E-state index is 0.128. The Labute approximate surface area is 152 Å².